The van der Waals surface area contributed by atoms with Crippen molar-refractivity contribution in [3.05, 3.63) is 34.3 Å². The Bertz CT molecular complexity index is 481. The summed E-state index contributed by atoms with van der Waals surface area (Å²) in [5, 5.41) is 0. The van der Waals surface area contributed by atoms with Gasteiger partial charge in [-0.25, -0.2) is 0 Å². The molecule has 1 aliphatic rings. The number of hydrogen-bond acceptors (Lipinski definition) is 1. The third kappa shape index (κ3) is 2.68. The summed E-state index contributed by atoms with van der Waals surface area (Å²) in [6.45, 7) is 7.63. The Morgan fingerprint density at radius 3 is 2.28 bits per heavy atom. The van der Waals surface area contributed by atoms with Gasteiger partial charge in [0, 0.05) is 0 Å². The van der Waals surface area contributed by atoms with Gasteiger partial charge in [0.25, 0.3) is 0 Å². The van der Waals surface area contributed by atoms with Crippen molar-refractivity contribution in [2.45, 2.75) is 13.8 Å². The Balaban J connectivity index is 2.40. The molecule has 1 nitrogen and oxygen atoms in total. The van der Waals surface area contributed by atoms with Crippen molar-refractivity contribution in [1.82, 2.24) is 4.90 Å². The first-order chi connectivity index (χ1) is 8.52. The van der Waals surface area contributed by atoms with Crippen LogP contribution in [0.1, 0.15) is 19.4 Å². The minimum atomic E-state index is -2.03. The van der Waals surface area contributed by atoms with E-state index in [1.807, 2.05) is 0 Å². The van der Waals surface area contributed by atoms with Crippen LogP contribution in [0.4, 0.5) is 0 Å². The van der Waals surface area contributed by atoms with Crippen LogP contribution in [0.3, 0.4) is 0 Å². The van der Waals surface area contributed by atoms with E-state index in [0.29, 0.717) is 0 Å². The first kappa shape index (κ1) is 15.3. The molecule has 0 fully saturated rings. The van der Waals surface area contributed by atoms with Gasteiger partial charge >= 0.3 is 135 Å². The van der Waals surface area contributed by atoms with Crippen molar-refractivity contribution in [2.24, 2.45) is 0 Å². The molecule has 5 heteroatoms. The minimum absolute atomic E-state index is 1.03. The zero-order valence-electron chi connectivity index (χ0n) is 10.4. The quantitative estimate of drug-likeness (QED) is 0.558. The molecule has 0 saturated heterocycles. The van der Waals surface area contributed by atoms with E-state index in [9.17, 15) is 0 Å². The van der Waals surface area contributed by atoms with Gasteiger partial charge in [-0.05, 0) is 0 Å². The Morgan fingerprint density at radius 2 is 1.72 bits per heavy atom. The molecule has 0 spiro atoms. The zero-order chi connectivity index (χ0) is 13.3. The normalized spacial score (nSPS) is 19.2. The molecule has 1 aromatic rings. The van der Waals surface area contributed by atoms with Gasteiger partial charge in [0.15, 0.2) is 0 Å². The summed E-state index contributed by atoms with van der Waals surface area (Å²) < 4.78 is 4.21. The van der Waals surface area contributed by atoms with Crippen LogP contribution in [0.15, 0.2) is 28.7 Å². The van der Waals surface area contributed by atoms with Crippen LogP contribution in [-0.2, 0) is 0 Å². The predicted molar refractivity (Wildman–Crippen MR) is 93.3 cm³/mol. The average molecular weight is 505 g/mol. The van der Waals surface area contributed by atoms with Crippen molar-refractivity contribution in [3.63, 3.8) is 0 Å². The molecule has 1 aromatic carbocycles. The summed E-state index contributed by atoms with van der Waals surface area (Å²) in [7, 11) is -2.03. The topological polar surface area (TPSA) is 3.24 Å². The standard InChI is InChI=1S/C13H16Br3NSe/c1-3-17(4-2)9-12-13(14)10-7-5-6-8-11(10)18(12,15)16/h5-8H,3-4,9H2,1-2H3. The molecular formula is C13H16Br3NSe. The Hall–Kier alpha value is 0.879. The second kappa shape index (κ2) is 6.11. The van der Waals surface area contributed by atoms with Gasteiger partial charge < -0.3 is 0 Å². The molecule has 0 bridgehead atoms. The number of nitrogens with zero attached hydrogens (tertiary/aromatic N) is 1. The molecule has 0 unspecified atom stereocenters. The summed E-state index contributed by atoms with van der Waals surface area (Å²) in [5.74, 6) is 0. The Kier molecular flexibility index (Phi) is 5.18. The molecule has 1 aliphatic heterocycles. The summed E-state index contributed by atoms with van der Waals surface area (Å²) >= 11 is 11.8. The van der Waals surface area contributed by atoms with E-state index in [4.69, 9.17) is 0 Å². The molecule has 18 heavy (non-hydrogen) atoms. The molecule has 0 aliphatic carbocycles. The van der Waals surface area contributed by atoms with Crippen LogP contribution in [0.5, 0.6) is 0 Å². The number of hydrogen-bond donors (Lipinski definition) is 0. The van der Waals surface area contributed by atoms with Crippen molar-refractivity contribution in [2.75, 3.05) is 19.6 Å². The van der Waals surface area contributed by atoms with Crippen LogP contribution in [0, 0.1) is 0 Å². The molecule has 1 heterocycles. The second-order valence-corrected chi connectivity index (χ2v) is 23.5. The van der Waals surface area contributed by atoms with E-state index >= 15 is 0 Å². The molecule has 100 valence electrons. The van der Waals surface area contributed by atoms with Gasteiger partial charge in [0.1, 0.15) is 0 Å². The average Bonchev–Trinajstić information content (AvgIpc) is 2.57. The van der Waals surface area contributed by atoms with Gasteiger partial charge in [-0.1, -0.05) is 0 Å². The predicted octanol–water partition coefficient (Wildman–Crippen LogP) is 4.13. The summed E-state index contributed by atoms with van der Waals surface area (Å²) in [5.41, 5.74) is 1.34. The zero-order valence-corrected chi connectivity index (χ0v) is 16.9. The number of likely N-dealkylation sites (N-methyl/N-ethyl adjacent to an activating group) is 1. The van der Waals surface area contributed by atoms with Crippen molar-refractivity contribution in [3.8, 4) is 0 Å². The molecule has 0 saturated carbocycles. The Labute approximate surface area is 134 Å². The van der Waals surface area contributed by atoms with Crippen molar-refractivity contribution in [1.29, 1.82) is 0 Å². The number of fused-ring (bicyclic) bond motifs is 1. The molecule has 2 rings (SSSR count). The Morgan fingerprint density at radius 1 is 1.11 bits per heavy atom. The number of halogens is 3. The van der Waals surface area contributed by atoms with E-state index in [2.05, 4.69) is 87.2 Å². The summed E-state index contributed by atoms with van der Waals surface area (Å²) in [6, 6.07) is 8.65. The fourth-order valence-corrected chi connectivity index (χ4v) is 15.5. The maximum atomic E-state index is 3.99. The van der Waals surface area contributed by atoms with Gasteiger partial charge in [-0.3, -0.25) is 0 Å². The maximum absolute atomic E-state index is 3.99. The van der Waals surface area contributed by atoms with Crippen LogP contribution < -0.4 is 4.46 Å². The monoisotopic (exact) mass is 503 g/mol. The SMILES string of the molecule is CCN(CC)CC1=C(Br)c2ccccc2[Se]1(Br)Br. The van der Waals surface area contributed by atoms with Crippen LogP contribution in [0.25, 0.3) is 4.48 Å². The molecule has 0 radical (unpaired) electrons. The van der Waals surface area contributed by atoms with E-state index in [0.717, 1.165) is 19.6 Å². The molecule has 0 aromatic heterocycles. The molecule has 0 amide bonds. The third-order valence-electron chi connectivity index (χ3n) is 3.22. The number of rotatable bonds is 4. The van der Waals surface area contributed by atoms with Crippen molar-refractivity contribution >= 4 is 62.3 Å². The van der Waals surface area contributed by atoms with E-state index < -0.39 is 9.23 Å². The third-order valence-corrected chi connectivity index (χ3v) is 16.3. The second-order valence-electron chi connectivity index (χ2n) is 4.16. The van der Waals surface area contributed by atoms with Gasteiger partial charge in [-0.15, -0.1) is 0 Å². The summed E-state index contributed by atoms with van der Waals surface area (Å²) in [6.07, 6.45) is 0. The first-order valence-electron chi connectivity index (χ1n) is 5.95. The molecule has 0 N–H and O–H groups in total. The molecular weight excluding hydrogens is 489 g/mol. The fraction of sp³-hybridized carbons (Fsp3) is 0.385. The fourth-order valence-electron chi connectivity index (χ4n) is 2.07. The number of benzene rings is 1. The van der Waals surface area contributed by atoms with E-state index in [1.165, 1.54) is 19.0 Å². The van der Waals surface area contributed by atoms with Gasteiger partial charge in [0.2, 0.25) is 0 Å². The van der Waals surface area contributed by atoms with Crippen LogP contribution >= 0.6 is 44.2 Å². The molecule has 0 atom stereocenters. The van der Waals surface area contributed by atoms with Crippen LogP contribution in [0.2, 0.25) is 0 Å². The van der Waals surface area contributed by atoms with E-state index in [-0.39, 0.29) is 0 Å². The first-order valence-corrected chi connectivity index (χ1v) is 16.5. The van der Waals surface area contributed by atoms with Gasteiger partial charge in [0.05, 0.1) is 0 Å². The van der Waals surface area contributed by atoms with Crippen LogP contribution in [-0.4, -0.2) is 33.8 Å². The van der Waals surface area contributed by atoms with Crippen molar-refractivity contribution < 1.29 is 0 Å². The van der Waals surface area contributed by atoms with Gasteiger partial charge in [-0.2, -0.15) is 0 Å². The van der Waals surface area contributed by atoms with E-state index in [1.54, 1.807) is 0 Å². The summed E-state index contributed by atoms with van der Waals surface area (Å²) in [4.78, 5) is 2.46.